The van der Waals surface area contributed by atoms with Crippen molar-refractivity contribution in [2.75, 3.05) is 0 Å². The number of hydrogen-bond donors (Lipinski definition) is 0. The lowest BCUT2D eigenvalue weighted by Crippen LogP contribution is -2.25. The van der Waals surface area contributed by atoms with Gasteiger partial charge in [-0.1, -0.05) is 12.1 Å². The van der Waals surface area contributed by atoms with E-state index < -0.39 is 24.4 Å². The van der Waals surface area contributed by atoms with Crippen LogP contribution in [0.25, 0.3) is 0 Å². The number of halogens is 4. The zero-order chi connectivity index (χ0) is 8.43. The van der Waals surface area contributed by atoms with Crippen LogP contribution in [-0.4, -0.2) is 7.27 Å². The smallest absolute Gasteiger partial charge is 0.281 e. The van der Waals surface area contributed by atoms with Crippen molar-refractivity contribution in [2.45, 2.75) is 0 Å². The maximum absolute atomic E-state index is 12.4. The Hall–Kier alpha value is -0.995. The summed E-state index contributed by atoms with van der Waals surface area (Å²) in [6, 6.07) is 2.68. The van der Waals surface area contributed by atoms with Gasteiger partial charge in [0.1, 0.15) is 0 Å². The molecule has 58 valence electrons. The van der Waals surface area contributed by atoms with Crippen molar-refractivity contribution in [3.8, 4) is 0 Å². The molecule has 11 heavy (non-hydrogen) atoms. The zero-order valence-electron chi connectivity index (χ0n) is 5.32. The molecule has 0 heterocycles. The van der Waals surface area contributed by atoms with E-state index in [0.29, 0.717) is 0 Å². The van der Waals surface area contributed by atoms with Crippen molar-refractivity contribution in [2.24, 2.45) is 0 Å². The fraction of sp³-hybridized carbons (Fsp3) is 0. The molecule has 0 aliphatic rings. The van der Waals surface area contributed by atoms with Crippen LogP contribution in [0.3, 0.4) is 0 Å². The molecule has 0 spiro atoms. The van der Waals surface area contributed by atoms with Crippen molar-refractivity contribution in [3.63, 3.8) is 0 Å². The average molecular weight is 162 g/mol. The Morgan fingerprint density at radius 2 is 1.73 bits per heavy atom. The van der Waals surface area contributed by atoms with Crippen LogP contribution in [0.5, 0.6) is 0 Å². The van der Waals surface area contributed by atoms with E-state index in [4.69, 9.17) is 0 Å². The molecule has 0 aliphatic carbocycles. The van der Waals surface area contributed by atoms with Crippen LogP contribution in [0.1, 0.15) is 0 Å². The lowest BCUT2D eigenvalue weighted by molar-refractivity contribution is 0.511. The van der Waals surface area contributed by atoms with Gasteiger partial charge in [0.15, 0.2) is 11.6 Å². The van der Waals surface area contributed by atoms with E-state index >= 15 is 0 Å². The van der Waals surface area contributed by atoms with E-state index in [1.165, 1.54) is 0 Å². The van der Waals surface area contributed by atoms with Gasteiger partial charge in [-0.3, -0.25) is 8.63 Å². The molecule has 0 aromatic heterocycles. The van der Waals surface area contributed by atoms with Crippen LogP contribution in [0.15, 0.2) is 18.2 Å². The predicted molar refractivity (Wildman–Crippen MR) is 34.0 cm³/mol. The Bertz CT molecular complexity index is 261. The summed E-state index contributed by atoms with van der Waals surface area (Å²) in [4.78, 5) is 0. The summed E-state index contributed by atoms with van der Waals surface area (Å²) in [5.74, 6) is -2.72. The Morgan fingerprint density at radius 1 is 1.09 bits per heavy atom. The van der Waals surface area contributed by atoms with Crippen molar-refractivity contribution in [3.05, 3.63) is 29.8 Å². The SMILES string of the molecule is FB(F)c1cccc(F)c1F. The van der Waals surface area contributed by atoms with E-state index in [2.05, 4.69) is 0 Å². The molecule has 0 nitrogen and oxygen atoms in total. The van der Waals surface area contributed by atoms with Crippen LogP contribution in [-0.2, 0) is 0 Å². The van der Waals surface area contributed by atoms with E-state index in [1.807, 2.05) is 0 Å². The highest BCUT2D eigenvalue weighted by molar-refractivity contribution is 6.60. The zero-order valence-corrected chi connectivity index (χ0v) is 5.32. The molecule has 0 N–H and O–H groups in total. The summed E-state index contributed by atoms with van der Waals surface area (Å²) in [7, 11) is -2.97. The van der Waals surface area contributed by atoms with E-state index in [9.17, 15) is 17.4 Å². The van der Waals surface area contributed by atoms with E-state index in [1.54, 1.807) is 0 Å². The lowest BCUT2D eigenvalue weighted by Gasteiger charge is -1.97. The van der Waals surface area contributed by atoms with Crippen LogP contribution < -0.4 is 5.46 Å². The van der Waals surface area contributed by atoms with Gasteiger partial charge < -0.3 is 0 Å². The van der Waals surface area contributed by atoms with Gasteiger partial charge in [-0.05, 0) is 6.07 Å². The Labute approximate surface area is 61.0 Å². The highest BCUT2D eigenvalue weighted by Gasteiger charge is 2.22. The third-order valence-corrected chi connectivity index (χ3v) is 1.22. The van der Waals surface area contributed by atoms with Gasteiger partial charge in [0.05, 0.1) is 0 Å². The van der Waals surface area contributed by atoms with Gasteiger partial charge in [-0.15, -0.1) is 0 Å². The van der Waals surface area contributed by atoms with Crippen LogP contribution in [0.2, 0.25) is 0 Å². The Kier molecular flexibility index (Phi) is 2.17. The summed E-state index contributed by atoms with van der Waals surface area (Å²) in [5, 5.41) is 0. The van der Waals surface area contributed by atoms with Crippen LogP contribution in [0, 0.1) is 11.6 Å². The van der Waals surface area contributed by atoms with Crippen molar-refractivity contribution in [1.82, 2.24) is 0 Å². The second kappa shape index (κ2) is 2.94. The number of hydrogen-bond acceptors (Lipinski definition) is 0. The van der Waals surface area contributed by atoms with Crippen LogP contribution >= 0.6 is 0 Å². The van der Waals surface area contributed by atoms with E-state index in [0.717, 1.165) is 18.2 Å². The second-order valence-corrected chi connectivity index (χ2v) is 1.94. The third-order valence-electron chi connectivity index (χ3n) is 1.22. The number of rotatable bonds is 1. The highest BCUT2D eigenvalue weighted by atomic mass is 19.2. The molecule has 5 heteroatoms. The molecule has 1 rings (SSSR count). The molecule has 0 atom stereocenters. The van der Waals surface area contributed by atoms with Gasteiger partial charge >= 0.3 is 7.27 Å². The fourth-order valence-electron chi connectivity index (χ4n) is 0.689. The molecule has 0 unspecified atom stereocenters. The predicted octanol–water partition coefficient (Wildman–Crippen LogP) is 1.60. The third kappa shape index (κ3) is 1.53. The van der Waals surface area contributed by atoms with Crippen LogP contribution in [0.4, 0.5) is 17.4 Å². The first-order chi connectivity index (χ1) is 5.13. The normalized spacial score (nSPS) is 9.82. The highest BCUT2D eigenvalue weighted by Crippen LogP contribution is 2.03. The molecule has 0 amide bonds. The average Bonchev–Trinajstić information content (AvgIpc) is 1.94. The molecular formula is C6H3BF4. The monoisotopic (exact) mass is 162 g/mol. The molecule has 0 saturated heterocycles. The van der Waals surface area contributed by atoms with Crippen molar-refractivity contribution < 1.29 is 17.4 Å². The van der Waals surface area contributed by atoms with Gasteiger partial charge in [0.25, 0.3) is 0 Å². The second-order valence-electron chi connectivity index (χ2n) is 1.94. The summed E-state index contributed by atoms with van der Waals surface area (Å²) in [6.45, 7) is 0. The van der Waals surface area contributed by atoms with Gasteiger partial charge in [-0.2, -0.15) is 0 Å². The standard InChI is InChI=1S/C6H3BF4/c8-5-3-1-2-4(6(5)9)7(10)11/h1-3H. The first-order valence-electron chi connectivity index (χ1n) is 2.85. The number of benzene rings is 1. The molecular weight excluding hydrogens is 159 g/mol. The quantitative estimate of drug-likeness (QED) is 0.434. The van der Waals surface area contributed by atoms with E-state index in [-0.39, 0.29) is 0 Å². The summed E-state index contributed by atoms with van der Waals surface area (Å²) in [5.41, 5.74) is -0.898. The maximum Gasteiger partial charge on any atom is 0.575 e. The molecule has 0 radical (unpaired) electrons. The van der Waals surface area contributed by atoms with Crippen molar-refractivity contribution in [1.29, 1.82) is 0 Å². The molecule has 0 bridgehead atoms. The molecule has 0 saturated carbocycles. The Morgan fingerprint density at radius 3 is 2.18 bits per heavy atom. The summed E-state index contributed by atoms with van der Waals surface area (Å²) in [6.07, 6.45) is 0. The first-order valence-corrected chi connectivity index (χ1v) is 2.85. The minimum absolute atomic E-state index is 0.793. The molecule has 1 aromatic carbocycles. The van der Waals surface area contributed by atoms with Gasteiger partial charge in [0, 0.05) is 5.46 Å². The summed E-state index contributed by atoms with van der Waals surface area (Å²) < 4.78 is 48.2. The molecule has 0 fully saturated rings. The topological polar surface area (TPSA) is 0 Å². The van der Waals surface area contributed by atoms with Gasteiger partial charge in [-0.25, -0.2) is 8.78 Å². The summed E-state index contributed by atoms with van der Waals surface area (Å²) >= 11 is 0. The minimum Gasteiger partial charge on any atom is -0.281 e. The van der Waals surface area contributed by atoms with Crippen molar-refractivity contribution >= 4 is 12.7 Å². The molecule has 1 aromatic rings. The minimum atomic E-state index is -2.97. The Balaban J connectivity index is 3.17. The fourth-order valence-corrected chi connectivity index (χ4v) is 0.689. The lowest BCUT2D eigenvalue weighted by atomic mass is 9.85. The van der Waals surface area contributed by atoms with Gasteiger partial charge in [0.2, 0.25) is 0 Å². The molecule has 0 aliphatic heterocycles. The first kappa shape index (κ1) is 8.10. The largest absolute Gasteiger partial charge is 0.575 e. The maximum atomic E-state index is 12.4.